The summed E-state index contributed by atoms with van der Waals surface area (Å²) < 4.78 is 0. The van der Waals surface area contributed by atoms with Crippen LogP contribution in [0.1, 0.15) is 12.8 Å². The van der Waals surface area contributed by atoms with Crippen molar-refractivity contribution in [2.24, 2.45) is 16.8 Å². The van der Waals surface area contributed by atoms with Crippen LogP contribution >= 0.6 is 0 Å². The molecule has 0 bridgehead atoms. The predicted molar refractivity (Wildman–Crippen MR) is 70.1 cm³/mol. The van der Waals surface area contributed by atoms with Gasteiger partial charge in [-0.2, -0.15) is 5.10 Å². The van der Waals surface area contributed by atoms with Gasteiger partial charge in [-0.3, -0.25) is 9.59 Å². The highest BCUT2D eigenvalue weighted by atomic mass is 16.2. The molecule has 1 saturated heterocycles. The minimum absolute atomic E-state index is 0.120. The maximum absolute atomic E-state index is 12.5. The maximum atomic E-state index is 12.5. The third kappa shape index (κ3) is 1.98. The van der Waals surface area contributed by atoms with E-state index in [9.17, 15) is 9.59 Å². The second kappa shape index (κ2) is 4.62. The minimum Gasteiger partial charge on any atom is -0.366 e. The van der Waals surface area contributed by atoms with Gasteiger partial charge < -0.3 is 11.1 Å². The second-order valence-corrected chi connectivity index (χ2v) is 4.97. The normalized spacial score (nSPS) is 27.1. The number of carbonyl (C=O) groups is 2. The molecule has 100 valence electrons. The standard InChI is InChI=1S/C13H16N4O2/c14-12(18)9-2-1-3-10-11(9)13(19)17(16-10)8-4-6-15-7-5-8/h1-3,8,11,15H,4-7H2,(H2,14,18). The van der Waals surface area contributed by atoms with Gasteiger partial charge >= 0.3 is 0 Å². The molecule has 0 aromatic rings. The Balaban J connectivity index is 1.87. The average Bonchev–Trinajstić information content (AvgIpc) is 2.77. The lowest BCUT2D eigenvalue weighted by atomic mass is 9.89. The zero-order valence-corrected chi connectivity index (χ0v) is 10.5. The topological polar surface area (TPSA) is 87.8 Å². The van der Waals surface area contributed by atoms with E-state index in [1.54, 1.807) is 23.2 Å². The Hall–Kier alpha value is -1.95. The van der Waals surface area contributed by atoms with Crippen LogP contribution in [-0.4, -0.2) is 41.7 Å². The molecule has 2 heterocycles. The highest BCUT2D eigenvalue weighted by Crippen LogP contribution is 2.29. The number of allylic oxidation sites excluding steroid dienone is 3. The number of primary amides is 1. The first kappa shape index (κ1) is 12.1. The number of fused-ring (bicyclic) bond motifs is 1. The summed E-state index contributed by atoms with van der Waals surface area (Å²) in [5.74, 6) is -1.28. The van der Waals surface area contributed by atoms with E-state index in [0.29, 0.717) is 11.3 Å². The van der Waals surface area contributed by atoms with Gasteiger partial charge in [0.2, 0.25) is 5.91 Å². The zero-order valence-electron chi connectivity index (χ0n) is 10.5. The Kier molecular flexibility index (Phi) is 2.94. The van der Waals surface area contributed by atoms with Crippen LogP contribution in [0.4, 0.5) is 0 Å². The third-order valence-electron chi connectivity index (χ3n) is 3.78. The summed E-state index contributed by atoms with van der Waals surface area (Å²) >= 11 is 0. The summed E-state index contributed by atoms with van der Waals surface area (Å²) in [5.41, 5.74) is 6.29. The predicted octanol–water partition coefficient (Wildman–Crippen LogP) is -0.466. The number of hydrazone groups is 1. The van der Waals surface area contributed by atoms with E-state index in [4.69, 9.17) is 5.73 Å². The van der Waals surface area contributed by atoms with E-state index in [1.165, 1.54) is 0 Å². The molecule has 2 aliphatic heterocycles. The molecule has 0 radical (unpaired) electrons. The van der Waals surface area contributed by atoms with Crippen molar-refractivity contribution in [1.82, 2.24) is 10.3 Å². The second-order valence-electron chi connectivity index (χ2n) is 4.97. The molecule has 2 amide bonds. The highest BCUT2D eigenvalue weighted by Gasteiger charge is 2.42. The molecule has 6 nitrogen and oxygen atoms in total. The first-order valence-corrected chi connectivity index (χ1v) is 6.49. The van der Waals surface area contributed by atoms with Crippen LogP contribution in [0.2, 0.25) is 0 Å². The van der Waals surface area contributed by atoms with Crippen molar-refractivity contribution in [2.45, 2.75) is 18.9 Å². The van der Waals surface area contributed by atoms with Crippen molar-refractivity contribution in [3.8, 4) is 0 Å². The smallest absolute Gasteiger partial charge is 0.256 e. The minimum atomic E-state index is -0.600. The monoisotopic (exact) mass is 260 g/mol. The quantitative estimate of drug-likeness (QED) is 0.704. The van der Waals surface area contributed by atoms with Crippen molar-refractivity contribution in [3.63, 3.8) is 0 Å². The lowest BCUT2D eigenvalue weighted by Gasteiger charge is -2.29. The number of nitrogens with one attached hydrogen (secondary N) is 1. The summed E-state index contributed by atoms with van der Waals surface area (Å²) in [6.07, 6.45) is 6.86. The molecule has 1 aliphatic carbocycles. The summed E-state index contributed by atoms with van der Waals surface area (Å²) in [4.78, 5) is 23.9. The van der Waals surface area contributed by atoms with Gasteiger partial charge in [-0.15, -0.1) is 0 Å². The Morgan fingerprint density at radius 3 is 2.84 bits per heavy atom. The Bertz CT molecular complexity index is 515. The van der Waals surface area contributed by atoms with Crippen LogP contribution < -0.4 is 11.1 Å². The number of hydrogen-bond acceptors (Lipinski definition) is 4. The van der Waals surface area contributed by atoms with E-state index in [-0.39, 0.29) is 11.9 Å². The van der Waals surface area contributed by atoms with Gasteiger partial charge in [-0.25, -0.2) is 5.01 Å². The molecular weight excluding hydrogens is 244 g/mol. The number of rotatable bonds is 2. The van der Waals surface area contributed by atoms with Gasteiger partial charge in [0.25, 0.3) is 5.91 Å². The molecule has 0 aromatic heterocycles. The van der Waals surface area contributed by atoms with E-state index >= 15 is 0 Å². The molecule has 1 atom stereocenters. The first-order chi connectivity index (χ1) is 9.18. The molecule has 19 heavy (non-hydrogen) atoms. The van der Waals surface area contributed by atoms with Crippen LogP contribution in [0.5, 0.6) is 0 Å². The fourth-order valence-corrected chi connectivity index (χ4v) is 2.80. The Labute approximate surface area is 111 Å². The molecule has 3 aliphatic rings. The van der Waals surface area contributed by atoms with Gasteiger partial charge in [-0.05, 0) is 32.0 Å². The van der Waals surface area contributed by atoms with Crippen LogP contribution in [0.3, 0.4) is 0 Å². The fourth-order valence-electron chi connectivity index (χ4n) is 2.80. The van der Waals surface area contributed by atoms with Crippen LogP contribution in [0.15, 0.2) is 28.9 Å². The van der Waals surface area contributed by atoms with Gasteiger partial charge in [-0.1, -0.05) is 12.2 Å². The molecule has 0 aromatic carbocycles. The van der Waals surface area contributed by atoms with Crippen molar-refractivity contribution in [1.29, 1.82) is 0 Å². The molecule has 0 saturated carbocycles. The van der Waals surface area contributed by atoms with Crippen LogP contribution in [-0.2, 0) is 9.59 Å². The van der Waals surface area contributed by atoms with Gasteiger partial charge in [0.1, 0.15) is 5.92 Å². The largest absolute Gasteiger partial charge is 0.366 e. The van der Waals surface area contributed by atoms with Gasteiger partial charge in [0.05, 0.1) is 11.8 Å². The zero-order chi connectivity index (χ0) is 13.4. The van der Waals surface area contributed by atoms with Crippen LogP contribution in [0, 0.1) is 5.92 Å². The maximum Gasteiger partial charge on any atom is 0.256 e. The van der Waals surface area contributed by atoms with Crippen molar-refractivity contribution in [3.05, 3.63) is 23.8 Å². The van der Waals surface area contributed by atoms with E-state index in [2.05, 4.69) is 10.4 Å². The highest BCUT2D eigenvalue weighted by molar-refractivity contribution is 6.21. The van der Waals surface area contributed by atoms with E-state index in [1.807, 2.05) is 0 Å². The van der Waals surface area contributed by atoms with Crippen LogP contribution in [0.25, 0.3) is 0 Å². The number of nitrogens with two attached hydrogens (primary N) is 1. The SMILES string of the molecule is NC(=O)C1=CC=CC2=NN(C3CCNCC3)C(=O)C12. The molecule has 0 spiro atoms. The summed E-state index contributed by atoms with van der Waals surface area (Å²) in [6.45, 7) is 1.77. The van der Waals surface area contributed by atoms with E-state index in [0.717, 1.165) is 25.9 Å². The Morgan fingerprint density at radius 2 is 2.16 bits per heavy atom. The molecule has 3 rings (SSSR count). The first-order valence-electron chi connectivity index (χ1n) is 6.49. The fraction of sp³-hybridized carbons (Fsp3) is 0.462. The number of piperidine rings is 1. The van der Waals surface area contributed by atoms with Gasteiger partial charge in [0, 0.05) is 5.57 Å². The number of hydrogen-bond donors (Lipinski definition) is 2. The summed E-state index contributed by atoms with van der Waals surface area (Å²) in [5, 5.41) is 9.19. The lowest BCUT2D eigenvalue weighted by Crippen LogP contribution is -2.43. The molecular formula is C13H16N4O2. The van der Waals surface area contributed by atoms with Crippen molar-refractivity contribution in [2.75, 3.05) is 13.1 Å². The molecule has 1 fully saturated rings. The number of carbonyl (C=O) groups excluding carboxylic acids is 2. The van der Waals surface area contributed by atoms with E-state index < -0.39 is 11.8 Å². The summed E-state index contributed by atoms with van der Waals surface area (Å²) in [6, 6.07) is 0.120. The molecule has 1 unspecified atom stereocenters. The third-order valence-corrected chi connectivity index (χ3v) is 3.78. The number of nitrogens with zero attached hydrogens (tertiary/aromatic N) is 2. The Morgan fingerprint density at radius 1 is 1.42 bits per heavy atom. The van der Waals surface area contributed by atoms with Crippen molar-refractivity contribution < 1.29 is 9.59 Å². The van der Waals surface area contributed by atoms with Crippen molar-refractivity contribution >= 4 is 17.5 Å². The molecule has 6 heteroatoms. The average molecular weight is 260 g/mol. The van der Waals surface area contributed by atoms with Gasteiger partial charge in [0.15, 0.2) is 0 Å². The lowest BCUT2D eigenvalue weighted by molar-refractivity contribution is -0.134. The molecule has 3 N–H and O–H groups in total. The number of amides is 2. The summed E-state index contributed by atoms with van der Waals surface area (Å²) in [7, 11) is 0.